The van der Waals surface area contributed by atoms with Crippen molar-refractivity contribution in [2.45, 2.75) is 0 Å². The third kappa shape index (κ3) is 3.46. The Hall–Kier alpha value is -3.87. The van der Waals surface area contributed by atoms with Gasteiger partial charge in [0.15, 0.2) is 0 Å². The fraction of sp³-hybridized carbons (Fsp3) is 0. The number of hydrogen-bond donors (Lipinski definition) is 2. The minimum absolute atomic E-state index is 0.459. The van der Waals surface area contributed by atoms with Crippen LogP contribution in [0.15, 0.2) is 73.2 Å². The van der Waals surface area contributed by atoms with Crippen LogP contribution in [-0.2, 0) is 0 Å². The van der Waals surface area contributed by atoms with Gasteiger partial charge in [-0.05, 0) is 42.5 Å². The molecule has 0 spiro atoms. The molecule has 1 amide bonds. The number of ether oxygens (including phenoxy) is 2. The molecule has 128 valence electrons. The number of rotatable bonds is 4. The highest BCUT2D eigenvalue weighted by Gasteiger charge is 2.08. The lowest BCUT2D eigenvalue weighted by molar-refractivity contribution is 0.215. The van der Waals surface area contributed by atoms with Crippen molar-refractivity contribution in [3.05, 3.63) is 73.2 Å². The third-order valence-corrected chi connectivity index (χ3v) is 3.59. The molecule has 0 aliphatic carbocycles. The second-order valence-corrected chi connectivity index (χ2v) is 5.37. The molecule has 2 aromatic carbocycles. The van der Waals surface area contributed by atoms with E-state index < -0.39 is 6.09 Å². The van der Waals surface area contributed by atoms with Gasteiger partial charge in [-0.15, -0.1) is 0 Å². The van der Waals surface area contributed by atoms with Crippen LogP contribution in [-0.4, -0.2) is 21.0 Å². The summed E-state index contributed by atoms with van der Waals surface area (Å²) in [4.78, 5) is 23.2. The van der Waals surface area contributed by atoms with Gasteiger partial charge in [0, 0.05) is 11.9 Å². The van der Waals surface area contributed by atoms with Crippen LogP contribution < -0.4 is 14.8 Å². The number of anilines is 1. The van der Waals surface area contributed by atoms with Gasteiger partial charge in [0.25, 0.3) is 0 Å². The Labute approximate surface area is 148 Å². The van der Waals surface area contributed by atoms with Gasteiger partial charge in [-0.3, -0.25) is 5.32 Å². The van der Waals surface area contributed by atoms with Crippen molar-refractivity contribution in [1.29, 1.82) is 0 Å². The first kappa shape index (κ1) is 15.6. The minimum atomic E-state index is -0.560. The summed E-state index contributed by atoms with van der Waals surface area (Å²) in [6.45, 7) is 0. The van der Waals surface area contributed by atoms with E-state index in [1.807, 2.05) is 12.1 Å². The van der Waals surface area contributed by atoms with Crippen LogP contribution in [0.1, 0.15) is 0 Å². The van der Waals surface area contributed by atoms with Crippen LogP contribution in [0.3, 0.4) is 0 Å². The largest absolute Gasteiger partial charge is 0.438 e. The van der Waals surface area contributed by atoms with Gasteiger partial charge in [-0.1, -0.05) is 18.2 Å². The second-order valence-electron chi connectivity index (χ2n) is 5.37. The van der Waals surface area contributed by atoms with E-state index >= 15 is 0 Å². The minimum Gasteiger partial charge on any atom is -0.438 e. The van der Waals surface area contributed by atoms with Crippen LogP contribution in [0.25, 0.3) is 11.0 Å². The number of H-pyrrole nitrogens is 1. The lowest BCUT2D eigenvalue weighted by Crippen LogP contribution is -2.16. The average molecular weight is 346 g/mol. The molecule has 0 saturated heterocycles. The fourth-order valence-corrected chi connectivity index (χ4v) is 2.39. The number of carbonyl (C=O) groups is 1. The van der Waals surface area contributed by atoms with E-state index in [0.29, 0.717) is 28.7 Å². The number of amides is 1. The van der Waals surface area contributed by atoms with E-state index in [2.05, 4.69) is 20.3 Å². The maximum absolute atomic E-state index is 11.9. The zero-order valence-electron chi connectivity index (χ0n) is 13.5. The number of nitrogens with one attached hydrogen (secondary N) is 2. The summed E-state index contributed by atoms with van der Waals surface area (Å²) in [5, 5.41) is 3.45. The number of fused-ring (bicyclic) bond motifs is 1. The standard InChI is InChI=1S/C19H14N4O3/c24-19(26-14-4-2-1-3-5-14)23-13-6-8-15(9-7-13)25-18-16-10-11-20-17(16)21-12-22-18/h1-12H,(H,23,24)(H,20,21,22). The molecule has 2 aromatic heterocycles. The molecule has 0 saturated carbocycles. The molecule has 7 heteroatoms. The van der Waals surface area contributed by atoms with Crippen LogP contribution in [0.2, 0.25) is 0 Å². The maximum atomic E-state index is 11.9. The molecule has 7 nitrogen and oxygen atoms in total. The van der Waals surface area contributed by atoms with Crippen LogP contribution in [0.4, 0.5) is 10.5 Å². The summed E-state index contributed by atoms with van der Waals surface area (Å²) in [6.07, 6.45) is 2.65. The Bertz CT molecular complexity index is 1030. The normalized spacial score (nSPS) is 10.5. The van der Waals surface area contributed by atoms with E-state index in [-0.39, 0.29) is 0 Å². The highest BCUT2D eigenvalue weighted by molar-refractivity contribution is 5.86. The molecular formula is C19H14N4O3. The van der Waals surface area contributed by atoms with Gasteiger partial charge in [-0.25, -0.2) is 14.8 Å². The molecule has 0 aliphatic rings. The van der Waals surface area contributed by atoms with Crippen molar-refractivity contribution >= 4 is 22.8 Å². The van der Waals surface area contributed by atoms with Crippen molar-refractivity contribution in [3.8, 4) is 17.4 Å². The number of para-hydroxylation sites is 1. The molecule has 4 rings (SSSR count). The smallest absolute Gasteiger partial charge is 0.417 e. The van der Waals surface area contributed by atoms with Crippen LogP contribution in [0, 0.1) is 0 Å². The van der Waals surface area contributed by atoms with Gasteiger partial charge in [0.05, 0.1) is 5.39 Å². The topological polar surface area (TPSA) is 89.1 Å². The van der Waals surface area contributed by atoms with E-state index in [0.717, 1.165) is 5.39 Å². The SMILES string of the molecule is O=C(Nc1ccc(Oc2ncnc3[nH]ccc23)cc1)Oc1ccccc1. The summed E-state index contributed by atoms with van der Waals surface area (Å²) >= 11 is 0. The number of benzene rings is 2. The molecule has 26 heavy (non-hydrogen) atoms. The Morgan fingerprint density at radius 3 is 2.54 bits per heavy atom. The van der Waals surface area contributed by atoms with Gasteiger partial charge in [0.1, 0.15) is 23.5 Å². The molecule has 2 N–H and O–H groups in total. The molecule has 0 atom stereocenters. The molecule has 0 bridgehead atoms. The second kappa shape index (κ2) is 6.94. The van der Waals surface area contributed by atoms with Gasteiger partial charge < -0.3 is 14.5 Å². The predicted octanol–water partition coefficient (Wildman–Crippen LogP) is 4.36. The number of aromatic nitrogens is 3. The molecule has 2 heterocycles. The number of aromatic amines is 1. The molecular weight excluding hydrogens is 332 g/mol. The van der Waals surface area contributed by atoms with E-state index in [9.17, 15) is 4.79 Å². The highest BCUT2D eigenvalue weighted by Crippen LogP contribution is 2.26. The van der Waals surface area contributed by atoms with Crippen LogP contribution >= 0.6 is 0 Å². The van der Waals surface area contributed by atoms with Gasteiger partial charge in [0.2, 0.25) is 5.88 Å². The van der Waals surface area contributed by atoms with Gasteiger partial charge >= 0.3 is 6.09 Å². The molecule has 0 aliphatic heterocycles. The Morgan fingerprint density at radius 2 is 1.73 bits per heavy atom. The quantitative estimate of drug-likeness (QED) is 0.573. The van der Waals surface area contributed by atoms with Crippen LogP contribution in [0.5, 0.6) is 17.4 Å². The van der Waals surface area contributed by atoms with E-state index in [4.69, 9.17) is 9.47 Å². The number of hydrogen-bond acceptors (Lipinski definition) is 5. The summed E-state index contributed by atoms with van der Waals surface area (Å²) < 4.78 is 11.0. The summed E-state index contributed by atoms with van der Waals surface area (Å²) in [5.41, 5.74) is 1.30. The van der Waals surface area contributed by atoms with E-state index in [1.165, 1.54) is 6.33 Å². The monoisotopic (exact) mass is 346 g/mol. The summed E-state index contributed by atoms with van der Waals surface area (Å²) in [7, 11) is 0. The van der Waals surface area contributed by atoms with Crippen molar-refractivity contribution in [3.63, 3.8) is 0 Å². The number of nitrogens with zero attached hydrogens (tertiary/aromatic N) is 2. The summed E-state index contributed by atoms with van der Waals surface area (Å²) in [6, 6.07) is 17.6. The Balaban J connectivity index is 1.42. The lowest BCUT2D eigenvalue weighted by Gasteiger charge is -2.08. The zero-order chi connectivity index (χ0) is 17.8. The molecule has 0 radical (unpaired) electrons. The van der Waals surface area contributed by atoms with Gasteiger partial charge in [-0.2, -0.15) is 0 Å². The third-order valence-electron chi connectivity index (χ3n) is 3.59. The zero-order valence-corrected chi connectivity index (χ0v) is 13.5. The average Bonchev–Trinajstić information content (AvgIpc) is 3.14. The first-order chi connectivity index (χ1) is 12.8. The molecule has 0 fully saturated rings. The van der Waals surface area contributed by atoms with Crippen molar-refractivity contribution in [1.82, 2.24) is 15.0 Å². The lowest BCUT2D eigenvalue weighted by atomic mass is 10.3. The Morgan fingerprint density at radius 1 is 0.923 bits per heavy atom. The maximum Gasteiger partial charge on any atom is 0.417 e. The van der Waals surface area contributed by atoms with Crippen molar-refractivity contribution < 1.29 is 14.3 Å². The first-order valence-corrected chi connectivity index (χ1v) is 7.88. The van der Waals surface area contributed by atoms with Crippen molar-refractivity contribution in [2.24, 2.45) is 0 Å². The van der Waals surface area contributed by atoms with E-state index in [1.54, 1.807) is 54.7 Å². The Kier molecular flexibility index (Phi) is 4.17. The van der Waals surface area contributed by atoms with Crippen molar-refractivity contribution in [2.75, 3.05) is 5.32 Å². The number of carbonyl (C=O) groups excluding carboxylic acids is 1. The predicted molar refractivity (Wildman–Crippen MR) is 96.5 cm³/mol. The first-order valence-electron chi connectivity index (χ1n) is 7.88. The fourth-order valence-electron chi connectivity index (χ4n) is 2.39. The highest BCUT2D eigenvalue weighted by atomic mass is 16.6. The molecule has 4 aromatic rings. The summed E-state index contributed by atoms with van der Waals surface area (Å²) in [5.74, 6) is 1.53. The molecule has 0 unspecified atom stereocenters.